The van der Waals surface area contributed by atoms with Gasteiger partial charge in [0.05, 0.1) is 5.56 Å². The van der Waals surface area contributed by atoms with Crippen molar-refractivity contribution < 1.29 is 9.18 Å². The number of amides is 1. The fourth-order valence-corrected chi connectivity index (χ4v) is 2.37. The van der Waals surface area contributed by atoms with Crippen LogP contribution in [-0.2, 0) is 6.42 Å². The average molecular weight is 306 g/mol. The van der Waals surface area contributed by atoms with E-state index in [0.29, 0.717) is 11.4 Å². The number of rotatable bonds is 4. The van der Waals surface area contributed by atoms with Gasteiger partial charge in [-0.15, -0.1) is 0 Å². The van der Waals surface area contributed by atoms with E-state index in [9.17, 15) is 9.18 Å². The SMILES string of the molecule is Cc1ccccc1CC(C)NC(=O)c1cc(Cl)ccc1F. The molecule has 0 fully saturated rings. The smallest absolute Gasteiger partial charge is 0.254 e. The van der Waals surface area contributed by atoms with E-state index in [4.69, 9.17) is 11.6 Å². The Morgan fingerprint density at radius 1 is 1.29 bits per heavy atom. The Morgan fingerprint density at radius 3 is 2.71 bits per heavy atom. The van der Waals surface area contributed by atoms with Gasteiger partial charge >= 0.3 is 0 Å². The van der Waals surface area contributed by atoms with E-state index < -0.39 is 11.7 Å². The van der Waals surface area contributed by atoms with E-state index in [1.165, 1.54) is 23.8 Å². The Labute approximate surface area is 128 Å². The molecule has 0 bridgehead atoms. The third kappa shape index (κ3) is 4.05. The summed E-state index contributed by atoms with van der Waals surface area (Å²) in [4.78, 5) is 12.1. The first-order valence-corrected chi connectivity index (χ1v) is 7.15. The van der Waals surface area contributed by atoms with Gasteiger partial charge in [-0.3, -0.25) is 4.79 Å². The summed E-state index contributed by atoms with van der Waals surface area (Å²) in [5, 5.41) is 3.14. The molecule has 0 radical (unpaired) electrons. The highest BCUT2D eigenvalue weighted by Crippen LogP contribution is 2.15. The molecule has 0 heterocycles. The van der Waals surface area contributed by atoms with Gasteiger partial charge in [-0.05, 0) is 49.6 Å². The molecule has 1 amide bonds. The molecule has 2 nitrogen and oxygen atoms in total. The maximum atomic E-state index is 13.6. The quantitative estimate of drug-likeness (QED) is 0.903. The second-order valence-electron chi connectivity index (χ2n) is 5.13. The zero-order valence-corrected chi connectivity index (χ0v) is 12.7. The highest BCUT2D eigenvalue weighted by atomic mass is 35.5. The molecule has 0 aliphatic heterocycles. The van der Waals surface area contributed by atoms with Crippen molar-refractivity contribution in [2.75, 3.05) is 0 Å². The first-order valence-electron chi connectivity index (χ1n) is 6.78. The Morgan fingerprint density at radius 2 is 2.00 bits per heavy atom. The Hall–Kier alpha value is -1.87. The highest BCUT2D eigenvalue weighted by Gasteiger charge is 2.15. The summed E-state index contributed by atoms with van der Waals surface area (Å²) in [7, 11) is 0. The standard InChI is InChI=1S/C17H17ClFNO/c1-11-5-3-4-6-13(11)9-12(2)20-17(21)15-10-14(18)7-8-16(15)19/h3-8,10,12H,9H2,1-2H3,(H,20,21). The molecular weight excluding hydrogens is 289 g/mol. The normalized spacial score (nSPS) is 12.0. The predicted molar refractivity (Wildman–Crippen MR) is 83.2 cm³/mol. The van der Waals surface area contributed by atoms with Gasteiger partial charge in [0.1, 0.15) is 5.82 Å². The van der Waals surface area contributed by atoms with Crippen molar-refractivity contribution in [3.05, 3.63) is 70.0 Å². The minimum absolute atomic E-state index is 0.0286. The molecule has 2 aromatic carbocycles. The summed E-state index contributed by atoms with van der Waals surface area (Å²) in [5.74, 6) is -1.02. The van der Waals surface area contributed by atoms with Crippen LogP contribution >= 0.6 is 11.6 Å². The molecule has 0 aromatic heterocycles. The molecule has 4 heteroatoms. The van der Waals surface area contributed by atoms with Crippen LogP contribution in [0.25, 0.3) is 0 Å². The van der Waals surface area contributed by atoms with Gasteiger partial charge in [0.25, 0.3) is 5.91 Å². The Bertz CT molecular complexity index is 657. The lowest BCUT2D eigenvalue weighted by Crippen LogP contribution is -2.34. The van der Waals surface area contributed by atoms with Crippen LogP contribution in [0, 0.1) is 12.7 Å². The van der Waals surface area contributed by atoms with E-state index >= 15 is 0 Å². The van der Waals surface area contributed by atoms with Crippen LogP contribution in [0.15, 0.2) is 42.5 Å². The highest BCUT2D eigenvalue weighted by molar-refractivity contribution is 6.31. The molecule has 0 saturated carbocycles. The van der Waals surface area contributed by atoms with Crippen molar-refractivity contribution in [2.45, 2.75) is 26.3 Å². The van der Waals surface area contributed by atoms with Crippen molar-refractivity contribution in [2.24, 2.45) is 0 Å². The van der Waals surface area contributed by atoms with Crippen LogP contribution in [0.1, 0.15) is 28.4 Å². The summed E-state index contributed by atoms with van der Waals surface area (Å²) in [5.41, 5.74) is 2.31. The molecule has 0 saturated heterocycles. The average Bonchev–Trinajstić information content (AvgIpc) is 2.44. The summed E-state index contributed by atoms with van der Waals surface area (Å²) < 4.78 is 13.6. The minimum atomic E-state index is -0.569. The van der Waals surface area contributed by atoms with Gasteiger partial charge in [0, 0.05) is 11.1 Å². The van der Waals surface area contributed by atoms with Gasteiger partial charge in [-0.2, -0.15) is 0 Å². The monoisotopic (exact) mass is 305 g/mol. The fraction of sp³-hybridized carbons (Fsp3) is 0.235. The van der Waals surface area contributed by atoms with Crippen LogP contribution in [0.5, 0.6) is 0 Å². The molecule has 21 heavy (non-hydrogen) atoms. The minimum Gasteiger partial charge on any atom is -0.349 e. The zero-order chi connectivity index (χ0) is 15.4. The molecule has 2 aromatic rings. The maximum absolute atomic E-state index is 13.6. The van der Waals surface area contributed by atoms with Gasteiger partial charge in [-0.25, -0.2) is 4.39 Å². The van der Waals surface area contributed by atoms with Crippen LogP contribution in [0.3, 0.4) is 0 Å². The van der Waals surface area contributed by atoms with E-state index in [1.54, 1.807) is 0 Å². The number of benzene rings is 2. The van der Waals surface area contributed by atoms with Crippen molar-refractivity contribution in [3.63, 3.8) is 0 Å². The predicted octanol–water partition coefficient (Wildman–Crippen LogP) is 4.15. The second-order valence-corrected chi connectivity index (χ2v) is 5.57. The molecule has 0 aliphatic rings. The summed E-state index contributed by atoms with van der Waals surface area (Å²) in [6, 6.07) is 11.9. The Kier molecular flexibility index (Phi) is 4.97. The number of carbonyl (C=O) groups is 1. The largest absolute Gasteiger partial charge is 0.349 e. The van der Waals surface area contributed by atoms with Crippen LogP contribution in [0.4, 0.5) is 4.39 Å². The van der Waals surface area contributed by atoms with Gasteiger partial charge in [0.15, 0.2) is 0 Å². The third-order valence-corrected chi connectivity index (χ3v) is 3.57. The van der Waals surface area contributed by atoms with Crippen molar-refractivity contribution in [1.29, 1.82) is 0 Å². The summed E-state index contributed by atoms with van der Waals surface area (Å²) in [6.07, 6.45) is 0.695. The van der Waals surface area contributed by atoms with Crippen LogP contribution < -0.4 is 5.32 Å². The number of halogens is 2. The van der Waals surface area contributed by atoms with Crippen molar-refractivity contribution in [3.8, 4) is 0 Å². The van der Waals surface area contributed by atoms with E-state index in [-0.39, 0.29) is 11.6 Å². The van der Waals surface area contributed by atoms with E-state index in [0.717, 1.165) is 5.56 Å². The number of hydrogen-bond acceptors (Lipinski definition) is 1. The van der Waals surface area contributed by atoms with Crippen molar-refractivity contribution >= 4 is 17.5 Å². The maximum Gasteiger partial charge on any atom is 0.254 e. The van der Waals surface area contributed by atoms with Crippen LogP contribution in [0.2, 0.25) is 5.02 Å². The van der Waals surface area contributed by atoms with E-state index in [2.05, 4.69) is 5.32 Å². The topological polar surface area (TPSA) is 29.1 Å². The van der Waals surface area contributed by atoms with Gasteiger partial charge in [-0.1, -0.05) is 35.9 Å². The van der Waals surface area contributed by atoms with E-state index in [1.807, 2.05) is 38.1 Å². The van der Waals surface area contributed by atoms with Gasteiger partial charge in [0.2, 0.25) is 0 Å². The molecule has 0 aliphatic carbocycles. The summed E-state index contributed by atoms with van der Waals surface area (Å²) in [6.45, 7) is 3.92. The lowest BCUT2D eigenvalue weighted by molar-refractivity contribution is 0.0936. The number of carbonyl (C=O) groups excluding carboxylic acids is 1. The first kappa shape index (κ1) is 15.5. The molecular formula is C17H17ClFNO. The first-order chi connectivity index (χ1) is 9.97. The molecule has 2 rings (SSSR count). The van der Waals surface area contributed by atoms with Crippen LogP contribution in [-0.4, -0.2) is 11.9 Å². The Balaban J connectivity index is 2.06. The number of hydrogen-bond donors (Lipinski definition) is 1. The third-order valence-electron chi connectivity index (χ3n) is 3.34. The molecule has 1 atom stereocenters. The number of aryl methyl sites for hydroxylation is 1. The van der Waals surface area contributed by atoms with Crippen molar-refractivity contribution in [1.82, 2.24) is 5.32 Å². The molecule has 1 unspecified atom stereocenters. The molecule has 0 spiro atoms. The summed E-state index contributed by atoms with van der Waals surface area (Å²) >= 11 is 5.80. The second kappa shape index (κ2) is 6.72. The fourth-order valence-electron chi connectivity index (χ4n) is 2.19. The molecule has 1 N–H and O–H groups in total. The van der Waals surface area contributed by atoms with Gasteiger partial charge < -0.3 is 5.32 Å². The zero-order valence-electron chi connectivity index (χ0n) is 12.0. The lowest BCUT2D eigenvalue weighted by Gasteiger charge is -2.15. The lowest BCUT2D eigenvalue weighted by atomic mass is 10.0. The number of nitrogens with one attached hydrogen (secondary N) is 1. The molecule has 110 valence electrons.